The van der Waals surface area contributed by atoms with E-state index < -0.39 is 16.0 Å². The van der Waals surface area contributed by atoms with Crippen molar-refractivity contribution in [2.75, 3.05) is 13.1 Å². The minimum absolute atomic E-state index is 0.0782. The van der Waals surface area contributed by atoms with Gasteiger partial charge in [-0.3, -0.25) is 9.48 Å². The number of hydrogen-bond acceptors (Lipinski definition) is 4. The number of aryl methyl sites for hydroxylation is 2. The second kappa shape index (κ2) is 4.93. The van der Waals surface area contributed by atoms with Crippen molar-refractivity contribution >= 4 is 16.0 Å². The molecule has 8 heteroatoms. The molecule has 1 aliphatic heterocycles. The number of carboxylic acid groups (broad SMARTS) is 1. The molecule has 0 radical (unpaired) electrons. The fourth-order valence-corrected chi connectivity index (χ4v) is 4.02. The molecule has 0 aliphatic carbocycles. The number of hydrogen-bond donors (Lipinski definition) is 1. The molecule has 1 aliphatic rings. The van der Waals surface area contributed by atoms with E-state index in [0.717, 1.165) is 6.42 Å². The average molecular weight is 287 g/mol. The Labute approximate surface area is 111 Å². The maximum atomic E-state index is 12.4. The first kappa shape index (κ1) is 14.0. The Morgan fingerprint density at radius 1 is 1.37 bits per heavy atom. The van der Waals surface area contributed by atoms with Gasteiger partial charge >= 0.3 is 5.97 Å². The molecule has 2 rings (SSSR count). The summed E-state index contributed by atoms with van der Waals surface area (Å²) in [5, 5.41) is 12.8. The minimum Gasteiger partial charge on any atom is -0.481 e. The Bertz CT molecular complexity index is 602. The largest absolute Gasteiger partial charge is 0.481 e. The number of carboxylic acids is 1. The van der Waals surface area contributed by atoms with Gasteiger partial charge in [0.1, 0.15) is 4.90 Å². The van der Waals surface area contributed by atoms with Crippen LogP contribution < -0.4 is 0 Å². The molecule has 0 aromatic carbocycles. The van der Waals surface area contributed by atoms with Crippen molar-refractivity contribution in [1.82, 2.24) is 14.1 Å². The summed E-state index contributed by atoms with van der Waals surface area (Å²) in [6.07, 6.45) is 0.801. The Morgan fingerprint density at radius 2 is 2.00 bits per heavy atom. The van der Waals surface area contributed by atoms with E-state index >= 15 is 0 Å². The fourth-order valence-electron chi connectivity index (χ4n) is 2.13. The maximum Gasteiger partial charge on any atom is 0.305 e. The Kier molecular flexibility index (Phi) is 3.64. The highest BCUT2D eigenvalue weighted by Crippen LogP contribution is 2.26. The van der Waals surface area contributed by atoms with Crippen LogP contribution in [0.15, 0.2) is 4.90 Å². The predicted molar refractivity (Wildman–Crippen MR) is 67.3 cm³/mol. The highest BCUT2D eigenvalue weighted by Gasteiger charge is 2.34. The molecule has 1 saturated heterocycles. The first-order valence-corrected chi connectivity index (χ1v) is 7.54. The predicted octanol–water partition coefficient (Wildman–Crippen LogP) is 0.369. The second-order valence-electron chi connectivity index (χ2n) is 4.62. The average Bonchev–Trinajstić information content (AvgIpc) is 2.47. The van der Waals surface area contributed by atoms with Crippen LogP contribution in [0.3, 0.4) is 0 Å². The third-order valence-electron chi connectivity index (χ3n) is 3.27. The zero-order valence-electron chi connectivity index (χ0n) is 11.0. The van der Waals surface area contributed by atoms with Gasteiger partial charge in [0, 0.05) is 13.1 Å². The van der Waals surface area contributed by atoms with Crippen LogP contribution in [0.4, 0.5) is 0 Å². The van der Waals surface area contributed by atoms with Crippen LogP contribution in [-0.4, -0.2) is 46.7 Å². The molecule has 1 N–H and O–H groups in total. The lowest BCUT2D eigenvalue weighted by Gasteiger charge is -2.29. The van der Waals surface area contributed by atoms with Crippen LogP contribution in [-0.2, 0) is 21.4 Å². The summed E-state index contributed by atoms with van der Waals surface area (Å²) in [4.78, 5) is 10.8. The van der Waals surface area contributed by atoms with Crippen LogP contribution in [0, 0.1) is 13.8 Å². The van der Waals surface area contributed by atoms with Gasteiger partial charge in [0.25, 0.3) is 0 Å². The molecule has 7 nitrogen and oxygen atoms in total. The summed E-state index contributed by atoms with van der Waals surface area (Å²) in [6.45, 7) is 4.56. The molecule has 0 atom stereocenters. The molecule has 1 aromatic heterocycles. The van der Waals surface area contributed by atoms with Gasteiger partial charge in [-0.2, -0.15) is 9.40 Å². The first-order valence-electron chi connectivity index (χ1n) is 6.10. The molecule has 0 unspecified atom stereocenters. The van der Waals surface area contributed by atoms with E-state index in [-0.39, 0.29) is 17.9 Å². The second-order valence-corrected chi connectivity index (χ2v) is 6.50. The van der Waals surface area contributed by atoms with Crippen LogP contribution >= 0.6 is 0 Å². The van der Waals surface area contributed by atoms with Crippen LogP contribution in [0.25, 0.3) is 0 Å². The number of rotatable bonds is 5. The van der Waals surface area contributed by atoms with Crippen molar-refractivity contribution in [2.24, 2.45) is 0 Å². The molecular weight excluding hydrogens is 270 g/mol. The summed E-state index contributed by atoms with van der Waals surface area (Å²) in [5.74, 6) is -0.931. The molecule has 106 valence electrons. The number of aromatic nitrogens is 2. The van der Waals surface area contributed by atoms with Crippen molar-refractivity contribution in [3.05, 3.63) is 11.4 Å². The van der Waals surface area contributed by atoms with Crippen molar-refractivity contribution in [2.45, 2.75) is 38.1 Å². The van der Waals surface area contributed by atoms with Gasteiger partial charge in [-0.25, -0.2) is 8.42 Å². The van der Waals surface area contributed by atoms with E-state index in [0.29, 0.717) is 24.5 Å². The monoisotopic (exact) mass is 287 g/mol. The van der Waals surface area contributed by atoms with E-state index in [1.165, 1.54) is 8.99 Å². The standard InChI is InChI=1S/C11H17N3O4S/c1-8-11(19(17,18)13-5-3-6-13)9(2)14(12-8)7-4-10(15)16/h3-7H2,1-2H3,(H,15,16). The summed E-state index contributed by atoms with van der Waals surface area (Å²) < 4.78 is 27.6. The van der Waals surface area contributed by atoms with Gasteiger partial charge in [-0.15, -0.1) is 0 Å². The third kappa shape index (κ3) is 2.50. The van der Waals surface area contributed by atoms with E-state index in [9.17, 15) is 13.2 Å². The SMILES string of the molecule is Cc1nn(CCC(=O)O)c(C)c1S(=O)(=O)N1CCC1. The maximum absolute atomic E-state index is 12.4. The van der Waals surface area contributed by atoms with Crippen LogP contribution in [0.1, 0.15) is 24.2 Å². The van der Waals surface area contributed by atoms with E-state index in [1.807, 2.05) is 0 Å². The van der Waals surface area contributed by atoms with E-state index in [1.54, 1.807) is 13.8 Å². The summed E-state index contributed by atoms with van der Waals surface area (Å²) in [6, 6.07) is 0. The van der Waals surface area contributed by atoms with Gasteiger partial charge in [0.2, 0.25) is 10.0 Å². The summed E-state index contributed by atoms with van der Waals surface area (Å²) in [7, 11) is -3.48. The van der Waals surface area contributed by atoms with Crippen LogP contribution in [0.2, 0.25) is 0 Å². The van der Waals surface area contributed by atoms with Crippen molar-refractivity contribution < 1.29 is 18.3 Å². The molecular formula is C11H17N3O4S. The molecule has 0 amide bonds. The zero-order chi connectivity index (χ0) is 14.2. The minimum atomic E-state index is -3.48. The van der Waals surface area contributed by atoms with Gasteiger partial charge < -0.3 is 5.11 Å². The Morgan fingerprint density at radius 3 is 2.47 bits per heavy atom. The lowest BCUT2D eigenvalue weighted by atomic mass is 10.3. The molecule has 2 heterocycles. The van der Waals surface area contributed by atoms with Crippen molar-refractivity contribution in [3.63, 3.8) is 0 Å². The third-order valence-corrected chi connectivity index (χ3v) is 5.42. The number of aliphatic carboxylic acids is 1. The molecule has 0 bridgehead atoms. The first-order chi connectivity index (χ1) is 8.84. The van der Waals surface area contributed by atoms with Crippen molar-refractivity contribution in [1.29, 1.82) is 0 Å². The zero-order valence-corrected chi connectivity index (χ0v) is 11.8. The van der Waals surface area contributed by atoms with Gasteiger partial charge in [-0.1, -0.05) is 0 Å². The molecule has 1 aromatic rings. The van der Waals surface area contributed by atoms with Gasteiger partial charge in [0.05, 0.1) is 24.4 Å². The van der Waals surface area contributed by atoms with Crippen LogP contribution in [0.5, 0.6) is 0 Å². The molecule has 1 fully saturated rings. The molecule has 19 heavy (non-hydrogen) atoms. The molecule has 0 saturated carbocycles. The van der Waals surface area contributed by atoms with Crippen molar-refractivity contribution in [3.8, 4) is 0 Å². The quantitative estimate of drug-likeness (QED) is 0.844. The molecule has 0 spiro atoms. The summed E-state index contributed by atoms with van der Waals surface area (Å²) >= 11 is 0. The Hall–Kier alpha value is -1.41. The van der Waals surface area contributed by atoms with E-state index in [2.05, 4.69) is 5.10 Å². The highest BCUT2D eigenvalue weighted by molar-refractivity contribution is 7.89. The fraction of sp³-hybridized carbons (Fsp3) is 0.636. The van der Waals surface area contributed by atoms with E-state index in [4.69, 9.17) is 5.11 Å². The smallest absolute Gasteiger partial charge is 0.305 e. The lowest BCUT2D eigenvalue weighted by Crippen LogP contribution is -2.42. The normalized spacial score (nSPS) is 16.3. The number of nitrogens with zero attached hydrogens (tertiary/aromatic N) is 3. The topological polar surface area (TPSA) is 92.5 Å². The van der Waals surface area contributed by atoms with Gasteiger partial charge in [-0.05, 0) is 20.3 Å². The Balaban J connectivity index is 2.33. The number of carbonyl (C=O) groups is 1. The lowest BCUT2D eigenvalue weighted by molar-refractivity contribution is -0.137. The summed E-state index contributed by atoms with van der Waals surface area (Å²) in [5.41, 5.74) is 0.931. The highest BCUT2D eigenvalue weighted by atomic mass is 32.2. The number of sulfonamides is 1. The van der Waals surface area contributed by atoms with Gasteiger partial charge in [0.15, 0.2) is 0 Å².